The van der Waals surface area contributed by atoms with E-state index in [-0.39, 0.29) is 5.91 Å². The van der Waals surface area contributed by atoms with Crippen LogP contribution < -0.4 is 5.32 Å². The van der Waals surface area contributed by atoms with Crippen LogP contribution in [0.5, 0.6) is 0 Å². The molecule has 1 fully saturated rings. The predicted molar refractivity (Wildman–Crippen MR) is 106 cm³/mol. The van der Waals surface area contributed by atoms with Crippen LogP contribution in [0.1, 0.15) is 39.4 Å². The van der Waals surface area contributed by atoms with Crippen LogP contribution in [0.4, 0.5) is 5.69 Å². The van der Waals surface area contributed by atoms with Gasteiger partial charge in [0.2, 0.25) is 12.3 Å². The van der Waals surface area contributed by atoms with Gasteiger partial charge in [0, 0.05) is 22.7 Å². The Morgan fingerprint density at radius 2 is 2.07 bits per heavy atom. The highest BCUT2D eigenvalue weighted by molar-refractivity contribution is 7.14. The maximum Gasteiger partial charge on any atom is 0.265 e. The maximum atomic E-state index is 12.7. The van der Waals surface area contributed by atoms with E-state index in [1.165, 1.54) is 30.5 Å². The highest BCUT2D eigenvalue weighted by Gasteiger charge is 2.15. The van der Waals surface area contributed by atoms with Crippen molar-refractivity contribution < 1.29 is 9.21 Å². The molecule has 0 radical (unpaired) electrons. The number of aryl methyl sites for hydroxylation is 1. The number of nitrogens with one attached hydrogen (secondary N) is 1. The van der Waals surface area contributed by atoms with Crippen molar-refractivity contribution in [3.63, 3.8) is 0 Å². The zero-order valence-electron chi connectivity index (χ0n) is 15.3. The van der Waals surface area contributed by atoms with Crippen LogP contribution in [0.2, 0.25) is 0 Å². The fraction of sp³-hybridized carbons (Fsp3) is 0.350. The summed E-state index contributed by atoms with van der Waals surface area (Å²) in [4.78, 5) is 17.1. The van der Waals surface area contributed by atoms with Crippen LogP contribution in [-0.2, 0) is 6.54 Å². The summed E-state index contributed by atoms with van der Waals surface area (Å²) >= 11 is 1.57. The van der Waals surface area contributed by atoms with Gasteiger partial charge in [-0.2, -0.15) is 0 Å². The summed E-state index contributed by atoms with van der Waals surface area (Å²) in [5.74, 6) is 0.348. The van der Waals surface area contributed by atoms with Crippen LogP contribution in [0.25, 0.3) is 11.5 Å². The average Bonchev–Trinajstić information content (AvgIpc) is 3.36. The Hall–Kier alpha value is -2.51. The molecule has 0 bridgehead atoms. The molecule has 6 nitrogen and oxygen atoms in total. The second-order valence-corrected chi connectivity index (χ2v) is 8.00. The number of anilines is 1. The summed E-state index contributed by atoms with van der Waals surface area (Å²) in [7, 11) is 0. The lowest BCUT2D eigenvalue weighted by Gasteiger charge is -2.25. The molecule has 0 atom stereocenters. The second kappa shape index (κ2) is 8.02. The fourth-order valence-corrected chi connectivity index (χ4v) is 4.24. The summed E-state index contributed by atoms with van der Waals surface area (Å²) < 4.78 is 5.24. The minimum Gasteiger partial charge on any atom is -0.423 e. The number of hydrogen-bond acceptors (Lipinski definition) is 6. The van der Waals surface area contributed by atoms with Crippen LogP contribution in [0, 0.1) is 6.92 Å². The first-order valence-electron chi connectivity index (χ1n) is 9.18. The van der Waals surface area contributed by atoms with Gasteiger partial charge in [-0.25, -0.2) is 0 Å². The van der Waals surface area contributed by atoms with Crippen molar-refractivity contribution in [2.45, 2.75) is 32.7 Å². The Morgan fingerprint density at radius 1 is 1.22 bits per heavy atom. The van der Waals surface area contributed by atoms with Gasteiger partial charge in [-0.15, -0.1) is 21.5 Å². The first kappa shape index (κ1) is 17.9. The molecule has 3 aromatic rings. The predicted octanol–water partition coefficient (Wildman–Crippen LogP) is 4.34. The van der Waals surface area contributed by atoms with E-state index in [1.54, 1.807) is 11.3 Å². The lowest BCUT2D eigenvalue weighted by Crippen LogP contribution is -2.28. The third-order valence-electron chi connectivity index (χ3n) is 4.81. The molecular weight excluding hydrogens is 360 g/mol. The molecule has 27 heavy (non-hydrogen) atoms. The van der Waals surface area contributed by atoms with Crippen molar-refractivity contribution in [2.75, 3.05) is 18.4 Å². The Bertz CT molecular complexity index is 914. The zero-order chi connectivity index (χ0) is 18.6. The Labute approximate surface area is 162 Å². The molecule has 7 heteroatoms. The van der Waals surface area contributed by atoms with Crippen molar-refractivity contribution in [3.8, 4) is 11.5 Å². The Morgan fingerprint density at radius 3 is 2.85 bits per heavy atom. The van der Waals surface area contributed by atoms with Gasteiger partial charge >= 0.3 is 0 Å². The average molecular weight is 382 g/mol. The molecule has 3 heterocycles. The third-order valence-corrected chi connectivity index (χ3v) is 5.88. The van der Waals surface area contributed by atoms with Crippen molar-refractivity contribution in [1.82, 2.24) is 15.1 Å². The molecule has 0 aliphatic carbocycles. The van der Waals surface area contributed by atoms with Gasteiger partial charge in [-0.05, 0) is 62.7 Å². The molecule has 1 aliphatic heterocycles. The van der Waals surface area contributed by atoms with Crippen LogP contribution in [0.15, 0.2) is 41.1 Å². The SMILES string of the molecule is Cc1ccc(-c2nnco2)cc1NC(=O)c1ccc(CN2CCCCC2)s1. The standard InChI is InChI=1S/C20H22N4O2S/c1-14-5-6-15(20-23-21-13-26-20)11-17(14)22-19(25)18-8-7-16(27-18)12-24-9-3-2-4-10-24/h5-8,11,13H,2-4,9-10,12H2,1H3,(H,22,25). The molecule has 1 amide bonds. The minimum atomic E-state index is -0.0873. The largest absolute Gasteiger partial charge is 0.423 e. The molecule has 1 N–H and O–H groups in total. The molecule has 140 valence electrons. The van der Waals surface area contributed by atoms with Crippen molar-refractivity contribution >= 4 is 22.9 Å². The Balaban J connectivity index is 1.45. The fourth-order valence-electron chi connectivity index (χ4n) is 3.30. The van der Waals surface area contributed by atoms with Crippen LogP contribution in [-0.4, -0.2) is 34.1 Å². The van der Waals surface area contributed by atoms with Gasteiger partial charge in [0.1, 0.15) is 0 Å². The molecule has 0 unspecified atom stereocenters. The lowest BCUT2D eigenvalue weighted by atomic mass is 10.1. The monoisotopic (exact) mass is 382 g/mol. The molecule has 1 aromatic carbocycles. The number of hydrogen-bond donors (Lipinski definition) is 1. The molecule has 0 saturated carbocycles. The van der Waals surface area contributed by atoms with Crippen molar-refractivity contribution in [3.05, 3.63) is 52.0 Å². The third kappa shape index (κ3) is 4.26. The molecular formula is C20H22N4O2S. The van der Waals surface area contributed by atoms with E-state index in [0.717, 1.165) is 41.3 Å². The number of nitrogens with zero attached hydrogens (tertiary/aromatic N) is 3. The summed E-state index contributed by atoms with van der Waals surface area (Å²) in [6, 6.07) is 9.68. The highest BCUT2D eigenvalue weighted by atomic mass is 32.1. The molecule has 0 spiro atoms. The first-order chi connectivity index (χ1) is 13.2. The number of thiophene rings is 1. The van der Waals surface area contributed by atoms with E-state index in [2.05, 4.69) is 26.5 Å². The molecule has 1 aliphatic rings. The lowest BCUT2D eigenvalue weighted by molar-refractivity contribution is 0.103. The maximum absolute atomic E-state index is 12.7. The number of rotatable bonds is 5. The van der Waals surface area contributed by atoms with Gasteiger partial charge < -0.3 is 9.73 Å². The number of benzene rings is 1. The minimum absolute atomic E-state index is 0.0873. The highest BCUT2D eigenvalue weighted by Crippen LogP contribution is 2.26. The number of carbonyl (C=O) groups excluding carboxylic acids is 1. The number of aromatic nitrogens is 2. The normalized spacial score (nSPS) is 15.0. The van der Waals surface area contributed by atoms with Gasteiger partial charge in [0.15, 0.2) is 0 Å². The van der Waals surface area contributed by atoms with E-state index >= 15 is 0 Å². The molecule has 4 rings (SSSR count). The Kier molecular flexibility index (Phi) is 5.31. The quantitative estimate of drug-likeness (QED) is 0.710. The number of carbonyl (C=O) groups is 1. The number of piperidine rings is 1. The van der Waals surface area contributed by atoms with Crippen molar-refractivity contribution in [2.24, 2.45) is 0 Å². The van der Waals surface area contributed by atoms with E-state index in [9.17, 15) is 4.79 Å². The summed E-state index contributed by atoms with van der Waals surface area (Å²) in [6.07, 6.45) is 5.17. The van der Waals surface area contributed by atoms with Crippen molar-refractivity contribution in [1.29, 1.82) is 0 Å². The summed E-state index contributed by atoms with van der Waals surface area (Å²) in [5.41, 5.74) is 2.52. The molecule has 1 saturated heterocycles. The second-order valence-electron chi connectivity index (χ2n) is 6.83. The number of amides is 1. The smallest absolute Gasteiger partial charge is 0.265 e. The zero-order valence-corrected chi connectivity index (χ0v) is 16.1. The van der Waals surface area contributed by atoms with Gasteiger partial charge in [-0.1, -0.05) is 12.5 Å². The number of likely N-dealkylation sites (tertiary alicyclic amines) is 1. The van der Waals surface area contributed by atoms with Crippen LogP contribution >= 0.6 is 11.3 Å². The molecule has 2 aromatic heterocycles. The summed E-state index contributed by atoms with van der Waals surface area (Å²) in [6.45, 7) is 5.20. The van der Waals surface area contributed by atoms with Gasteiger partial charge in [0.25, 0.3) is 5.91 Å². The van der Waals surface area contributed by atoms with E-state index in [1.807, 2.05) is 31.2 Å². The van der Waals surface area contributed by atoms with Gasteiger partial charge in [0.05, 0.1) is 4.88 Å². The van der Waals surface area contributed by atoms with Crippen LogP contribution in [0.3, 0.4) is 0 Å². The topological polar surface area (TPSA) is 71.3 Å². The van der Waals surface area contributed by atoms with Gasteiger partial charge in [-0.3, -0.25) is 9.69 Å². The first-order valence-corrected chi connectivity index (χ1v) is 10.0. The van der Waals surface area contributed by atoms with E-state index < -0.39 is 0 Å². The van der Waals surface area contributed by atoms with E-state index in [4.69, 9.17) is 4.42 Å². The summed E-state index contributed by atoms with van der Waals surface area (Å²) in [5, 5.41) is 10.6. The van der Waals surface area contributed by atoms with E-state index in [0.29, 0.717) is 5.89 Å².